The third-order valence-corrected chi connectivity index (χ3v) is 3.08. The highest BCUT2D eigenvalue weighted by atomic mass is 79.9. The van der Waals surface area contributed by atoms with Gasteiger partial charge in [-0.15, -0.1) is 0 Å². The van der Waals surface area contributed by atoms with Gasteiger partial charge in [-0.3, -0.25) is 4.79 Å². The Labute approximate surface area is 117 Å². The van der Waals surface area contributed by atoms with Crippen LogP contribution in [0.5, 0.6) is 0 Å². The Bertz CT molecular complexity index is 626. The molecule has 0 aromatic heterocycles. The largest absolute Gasteiger partial charge is 0.399 e. The highest BCUT2D eigenvalue weighted by Gasteiger charge is 2.10. The number of nitrogens with one attached hydrogen (secondary N) is 1. The minimum atomic E-state index is -0.391. The number of amides is 1. The summed E-state index contributed by atoms with van der Waals surface area (Å²) in [6, 6.07) is 8.58. The quantitative estimate of drug-likeness (QED) is 0.743. The molecule has 0 radical (unpaired) electrons. The summed E-state index contributed by atoms with van der Waals surface area (Å²) >= 11 is 3.17. The number of carbonyl (C=O) groups excluding carboxylic acids is 1. The maximum absolute atomic E-state index is 12.9. The molecule has 0 spiro atoms. The lowest BCUT2D eigenvalue weighted by atomic mass is 10.1. The lowest BCUT2D eigenvalue weighted by Gasteiger charge is -2.08. The monoisotopic (exact) mass is 323 g/mol. The second-order valence-electron chi connectivity index (χ2n) is 3.97. The van der Waals surface area contributed by atoms with Gasteiger partial charge in [0, 0.05) is 21.4 Å². The maximum atomic E-state index is 12.9. The summed E-state index contributed by atoms with van der Waals surface area (Å²) in [5.41, 5.74) is 12.9. The van der Waals surface area contributed by atoms with Crippen LogP contribution in [0.25, 0.3) is 0 Å². The minimum Gasteiger partial charge on any atom is -0.399 e. The van der Waals surface area contributed by atoms with E-state index in [9.17, 15) is 9.18 Å². The van der Waals surface area contributed by atoms with Crippen LogP contribution in [0, 0.1) is 5.82 Å². The molecule has 0 heterocycles. The maximum Gasteiger partial charge on any atom is 0.255 e. The fourth-order valence-electron chi connectivity index (χ4n) is 1.59. The fraction of sp³-hybridized carbons (Fsp3) is 0. The molecule has 98 valence electrons. The lowest BCUT2D eigenvalue weighted by Crippen LogP contribution is -2.13. The van der Waals surface area contributed by atoms with E-state index >= 15 is 0 Å². The van der Waals surface area contributed by atoms with Gasteiger partial charge in [0.1, 0.15) is 5.82 Å². The van der Waals surface area contributed by atoms with E-state index in [1.54, 1.807) is 6.07 Å². The van der Waals surface area contributed by atoms with Crippen molar-refractivity contribution in [3.63, 3.8) is 0 Å². The van der Waals surface area contributed by atoms with Crippen LogP contribution in [0.2, 0.25) is 0 Å². The van der Waals surface area contributed by atoms with Crippen LogP contribution >= 0.6 is 15.9 Å². The van der Waals surface area contributed by atoms with Crippen molar-refractivity contribution in [1.82, 2.24) is 0 Å². The molecule has 4 nitrogen and oxygen atoms in total. The second kappa shape index (κ2) is 5.27. The van der Waals surface area contributed by atoms with Crippen LogP contribution < -0.4 is 16.8 Å². The first kappa shape index (κ1) is 13.4. The highest BCUT2D eigenvalue weighted by Crippen LogP contribution is 2.24. The molecule has 0 atom stereocenters. The van der Waals surface area contributed by atoms with E-state index < -0.39 is 5.82 Å². The van der Waals surface area contributed by atoms with Crippen LogP contribution in [0.15, 0.2) is 40.9 Å². The Morgan fingerprint density at radius 1 is 1.11 bits per heavy atom. The van der Waals surface area contributed by atoms with E-state index in [0.29, 0.717) is 27.1 Å². The van der Waals surface area contributed by atoms with Gasteiger partial charge in [0.2, 0.25) is 0 Å². The number of rotatable bonds is 2. The van der Waals surface area contributed by atoms with E-state index in [4.69, 9.17) is 11.5 Å². The Balaban J connectivity index is 2.25. The van der Waals surface area contributed by atoms with E-state index in [0.717, 1.165) is 0 Å². The van der Waals surface area contributed by atoms with Crippen molar-refractivity contribution < 1.29 is 9.18 Å². The molecule has 19 heavy (non-hydrogen) atoms. The Kier molecular flexibility index (Phi) is 3.71. The van der Waals surface area contributed by atoms with Crippen LogP contribution in [0.1, 0.15) is 10.4 Å². The van der Waals surface area contributed by atoms with Crippen molar-refractivity contribution in [2.24, 2.45) is 0 Å². The van der Waals surface area contributed by atoms with Gasteiger partial charge >= 0.3 is 0 Å². The van der Waals surface area contributed by atoms with Crippen LogP contribution in [0.3, 0.4) is 0 Å². The zero-order chi connectivity index (χ0) is 14.0. The average molecular weight is 324 g/mol. The molecule has 0 aliphatic carbocycles. The Morgan fingerprint density at radius 3 is 2.32 bits per heavy atom. The number of carbonyl (C=O) groups is 1. The summed E-state index contributed by atoms with van der Waals surface area (Å²) < 4.78 is 13.4. The Hall–Kier alpha value is -2.08. The molecule has 6 heteroatoms. The molecule has 0 unspecified atom stereocenters. The van der Waals surface area contributed by atoms with E-state index in [-0.39, 0.29) is 5.91 Å². The predicted molar refractivity (Wildman–Crippen MR) is 77.3 cm³/mol. The molecule has 2 rings (SSSR count). The molecule has 2 aromatic carbocycles. The van der Waals surface area contributed by atoms with Gasteiger partial charge in [0.15, 0.2) is 0 Å². The van der Waals surface area contributed by atoms with Gasteiger partial charge in [0.25, 0.3) is 5.91 Å². The number of hydrogen-bond acceptors (Lipinski definition) is 3. The van der Waals surface area contributed by atoms with Gasteiger partial charge in [-0.2, -0.15) is 0 Å². The highest BCUT2D eigenvalue weighted by molar-refractivity contribution is 9.10. The minimum absolute atomic E-state index is 0.341. The van der Waals surface area contributed by atoms with Crippen molar-refractivity contribution in [3.05, 3.63) is 52.3 Å². The molecule has 1 amide bonds. The van der Waals surface area contributed by atoms with Gasteiger partial charge < -0.3 is 16.8 Å². The summed E-state index contributed by atoms with van der Waals surface area (Å²) in [6.07, 6.45) is 0. The van der Waals surface area contributed by atoms with Crippen LogP contribution in [0.4, 0.5) is 21.5 Å². The molecule has 0 bridgehead atoms. The molecular weight excluding hydrogens is 313 g/mol. The molecule has 0 saturated carbocycles. The SMILES string of the molecule is Nc1cc(N)cc(C(=O)Nc2ccc(F)cc2Br)c1. The molecular formula is C13H11BrFN3O. The molecule has 2 aromatic rings. The van der Waals surface area contributed by atoms with E-state index in [1.165, 1.54) is 30.3 Å². The van der Waals surface area contributed by atoms with E-state index in [1.807, 2.05) is 0 Å². The number of halogens is 2. The van der Waals surface area contributed by atoms with Crippen molar-refractivity contribution >= 4 is 38.9 Å². The molecule has 0 aliphatic rings. The summed E-state index contributed by atoms with van der Waals surface area (Å²) in [7, 11) is 0. The van der Waals surface area contributed by atoms with Gasteiger partial charge in [-0.25, -0.2) is 4.39 Å². The predicted octanol–water partition coefficient (Wildman–Crippen LogP) is 3.00. The zero-order valence-electron chi connectivity index (χ0n) is 9.78. The molecule has 0 fully saturated rings. The molecule has 0 aliphatic heterocycles. The van der Waals surface area contributed by atoms with Crippen LogP contribution in [-0.2, 0) is 0 Å². The third kappa shape index (κ3) is 3.23. The number of anilines is 3. The van der Waals surface area contributed by atoms with Crippen molar-refractivity contribution in [3.8, 4) is 0 Å². The van der Waals surface area contributed by atoms with Gasteiger partial charge in [-0.05, 0) is 52.3 Å². The second-order valence-corrected chi connectivity index (χ2v) is 4.82. The van der Waals surface area contributed by atoms with Crippen molar-refractivity contribution in [2.75, 3.05) is 16.8 Å². The Morgan fingerprint density at radius 2 is 1.74 bits per heavy atom. The van der Waals surface area contributed by atoms with Gasteiger partial charge in [0.05, 0.1) is 5.69 Å². The van der Waals surface area contributed by atoms with Gasteiger partial charge in [-0.1, -0.05) is 0 Å². The van der Waals surface area contributed by atoms with Crippen molar-refractivity contribution in [1.29, 1.82) is 0 Å². The van der Waals surface area contributed by atoms with Crippen LogP contribution in [-0.4, -0.2) is 5.91 Å². The number of nitrogens with two attached hydrogens (primary N) is 2. The molecule has 0 saturated heterocycles. The third-order valence-electron chi connectivity index (χ3n) is 2.42. The summed E-state index contributed by atoms with van der Waals surface area (Å²) in [6.45, 7) is 0. The standard InChI is InChI=1S/C13H11BrFN3O/c14-11-5-8(15)1-2-12(11)18-13(19)7-3-9(16)6-10(17)4-7/h1-6H,16-17H2,(H,18,19). The lowest BCUT2D eigenvalue weighted by molar-refractivity contribution is 0.102. The summed E-state index contributed by atoms with van der Waals surface area (Å²) in [5.74, 6) is -0.760. The summed E-state index contributed by atoms with van der Waals surface area (Å²) in [4.78, 5) is 12.0. The zero-order valence-corrected chi connectivity index (χ0v) is 11.4. The van der Waals surface area contributed by atoms with Crippen molar-refractivity contribution in [2.45, 2.75) is 0 Å². The molecule has 5 N–H and O–H groups in total. The first-order valence-corrected chi connectivity index (χ1v) is 6.17. The number of nitrogen functional groups attached to an aromatic ring is 2. The number of benzene rings is 2. The summed E-state index contributed by atoms with van der Waals surface area (Å²) in [5, 5.41) is 2.64. The van der Waals surface area contributed by atoms with E-state index in [2.05, 4.69) is 21.2 Å². The normalized spacial score (nSPS) is 10.2. The smallest absolute Gasteiger partial charge is 0.255 e. The topological polar surface area (TPSA) is 81.1 Å². The first-order valence-electron chi connectivity index (χ1n) is 5.38. The average Bonchev–Trinajstić information content (AvgIpc) is 2.31. The first-order chi connectivity index (χ1) is 8.95. The fourth-order valence-corrected chi connectivity index (χ4v) is 2.04. The number of hydrogen-bond donors (Lipinski definition) is 3.